The summed E-state index contributed by atoms with van der Waals surface area (Å²) in [6, 6.07) is 7.62. The molecule has 2 amide bonds. The molecule has 1 rings (SSSR count). The Kier molecular flexibility index (Phi) is 5.55. The van der Waals surface area contributed by atoms with Crippen molar-refractivity contribution >= 4 is 17.5 Å². The SMILES string of the molecule is CCC(C)N(C)C(=O)Cc1ccc(NC(C)=O)cc1. The monoisotopic (exact) mass is 262 g/mol. The largest absolute Gasteiger partial charge is 0.343 e. The zero-order valence-corrected chi connectivity index (χ0v) is 12.1. The molecular formula is C15H22N2O2. The van der Waals surface area contributed by atoms with Crippen LogP contribution in [0.1, 0.15) is 32.8 Å². The summed E-state index contributed by atoms with van der Waals surface area (Å²) in [4.78, 5) is 24.7. The van der Waals surface area contributed by atoms with Gasteiger partial charge in [0.15, 0.2) is 0 Å². The van der Waals surface area contributed by atoms with Gasteiger partial charge in [-0.25, -0.2) is 0 Å². The van der Waals surface area contributed by atoms with Gasteiger partial charge >= 0.3 is 0 Å². The van der Waals surface area contributed by atoms with E-state index in [9.17, 15) is 9.59 Å². The molecule has 0 radical (unpaired) electrons. The Morgan fingerprint density at radius 1 is 1.26 bits per heavy atom. The highest BCUT2D eigenvalue weighted by atomic mass is 16.2. The minimum Gasteiger partial charge on any atom is -0.343 e. The molecule has 4 nitrogen and oxygen atoms in total. The number of benzene rings is 1. The van der Waals surface area contributed by atoms with Gasteiger partial charge in [-0.2, -0.15) is 0 Å². The number of nitrogens with one attached hydrogen (secondary N) is 1. The molecule has 0 heterocycles. The van der Waals surface area contributed by atoms with Crippen LogP contribution in [0.15, 0.2) is 24.3 Å². The third-order valence-corrected chi connectivity index (χ3v) is 3.28. The Morgan fingerprint density at radius 2 is 1.84 bits per heavy atom. The lowest BCUT2D eigenvalue weighted by Crippen LogP contribution is -2.35. The van der Waals surface area contributed by atoms with Crippen molar-refractivity contribution in [2.75, 3.05) is 12.4 Å². The van der Waals surface area contributed by atoms with Gasteiger partial charge in [0.2, 0.25) is 11.8 Å². The number of carbonyl (C=O) groups excluding carboxylic acids is 2. The second kappa shape index (κ2) is 6.92. The number of anilines is 1. The van der Waals surface area contributed by atoms with E-state index in [0.717, 1.165) is 17.7 Å². The first-order valence-corrected chi connectivity index (χ1v) is 6.56. The number of likely N-dealkylation sites (N-methyl/N-ethyl adjacent to an activating group) is 1. The minimum absolute atomic E-state index is 0.0969. The van der Waals surface area contributed by atoms with Gasteiger partial charge in [-0.15, -0.1) is 0 Å². The zero-order chi connectivity index (χ0) is 14.4. The highest BCUT2D eigenvalue weighted by molar-refractivity contribution is 5.88. The van der Waals surface area contributed by atoms with E-state index in [1.807, 2.05) is 38.2 Å². The van der Waals surface area contributed by atoms with E-state index in [1.165, 1.54) is 6.92 Å². The van der Waals surface area contributed by atoms with Crippen molar-refractivity contribution in [3.8, 4) is 0 Å². The van der Waals surface area contributed by atoms with Crippen molar-refractivity contribution in [2.24, 2.45) is 0 Å². The van der Waals surface area contributed by atoms with Gasteiger partial charge in [-0.05, 0) is 31.0 Å². The van der Waals surface area contributed by atoms with Crippen molar-refractivity contribution in [2.45, 2.75) is 39.7 Å². The van der Waals surface area contributed by atoms with Gasteiger partial charge in [0.1, 0.15) is 0 Å². The van der Waals surface area contributed by atoms with Crippen LogP contribution in [0.5, 0.6) is 0 Å². The summed E-state index contributed by atoms with van der Waals surface area (Å²) in [6.07, 6.45) is 1.34. The molecule has 104 valence electrons. The van der Waals surface area contributed by atoms with E-state index in [1.54, 1.807) is 4.90 Å². The molecule has 0 aliphatic heterocycles. The Hall–Kier alpha value is -1.84. The topological polar surface area (TPSA) is 49.4 Å². The number of carbonyl (C=O) groups is 2. The Balaban J connectivity index is 2.62. The first kappa shape index (κ1) is 15.2. The molecule has 0 aliphatic carbocycles. The van der Waals surface area contributed by atoms with Gasteiger partial charge in [0.05, 0.1) is 6.42 Å². The molecule has 0 fully saturated rings. The molecule has 1 atom stereocenters. The summed E-state index contributed by atoms with van der Waals surface area (Å²) in [5, 5.41) is 2.70. The van der Waals surface area contributed by atoms with E-state index < -0.39 is 0 Å². The Labute approximate surface area is 114 Å². The lowest BCUT2D eigenvalue weighted by molar-refractivity contribution is -0.131. The lowest BCUT2D eigenvalue weighted by atomic mass is 10.1. The van der Waals surface area contributed by atoms with Gasteiger partial charge in [-0.3, -0.25) is 9.59 Å². The summed E-state index contributed by atoms with van der Waals surface area (Å²) in [6.45, 7) is 5.58. The van der Waals surface area contributed by atoms with E-state index in [2.05, 4.69) is 12.2 Å². The minimum atomic E-state index is -0.0969. The zero-order valence-electron chi connectivity index (χ0n) is 12.1. The maximum atomic E-state index is 12.0. The van der Waals surface area contributed by atoms with Crippen LogP contribution in [0, 0.1) is 0 Å². The normalized spacial score (nSPS) is 11.8. The highest BCUT2D eigenvalue weighted by Crippen LogP contribution is 2.11. The highest BCUT2D eigenvalue weighted by Gasteiger charge is 2.14. The molecule has 0 aliphatic rings. The molecule has 0 saturated heterocycles. The summed E-state index contributed by atoms with van der Waals surface area (Å²) < 4.78 is 0. The third-order valence-electron chi connectivity index (χ3n) is 3.28. The Bertz CT molecular complexity index is 440. The van der Waals surface area contributed by atoms with Crippen molar-refractivity contribution in [1.29, 1.82) is 0 Å². The van der Waals surface area contributed by atoms with Crippen LogP contribution >= 0.6 is 0 Å². The molecular weight excluding hydrogens is 240 g/mol. The van der Waals surface area contributed by atoms with Crippen LogP contribution in [0.25, 0.3) is 0 Å². The average Bonchev–Trinajstić information content (AvgIpc) is 2.38. The maximum absolute atomic E-state index is 12.0. The predicted octanol–water partition coefficient (Wildman–Crippen LogP) is 2.44. The van der Waals surface area contributed by atoms with Crippen LogP contribution < -0.4 is 5.32 Å². The molecule has 1 aromatic carbocycles. The fourth-order valence-electron chi connectivity index (χ4n) is 1.73. The van der Waals surface area contributed by atoms with Crippen LogP contribution in [0.2, 0.25) is 0 Å². The summed E-state index contributed by atoms with van der Waals surface area (Å²) in [5.41, 5.74) is 1.70. The molecule has 0 spiro atoms. The fourth-order valence-corrected chi connectivity index (χ4v) is 1.73. The van der Waals surface area contributed by atoms with Gasteiger partial charge < -0.3 is 10.2 Å². The second-order valence-corrected chi connectivity index (χ2v) is 4.82. The van der Waals surface area contributed by atoms with Gasteiger partial charge in [0.25, 0.3) is 0 Å². The molecule has 19 heavy (non-hydrogen) atoms. The number of hydrogen-bond acceptors (Lipinski definition) is 2. The number of nitrogens with zero attached hydrogens (tertiary/aromatic N) is 1. The second-order valence-electron chi connectivity index (χ2n) is 4.82. The molecule has 1 aromatic rings. The Morgan fingerprint density at radius 3 is 2.32 bits per heavy atom. The van der Waals surface area contributed by atoms with Crippen molar-refractivity contribution in [3.05, 3.63) is 29.8 Å². The van der Waals surface area contributed by atoms with Crippen molar-refractivity contribution in [3.63, 3.8) is 0 Å². The van der Waals surface area contributed by atoms with Gasteiger partial charge in [-0.1, -0.05) is 19.1 Å². The summed E-state index contributed by atoms with van der Waals surface area (Å²) >= 11 is 0. The standard InChI is InChI=1S/C15H22N2O2/c1-5-11(2)17(4)15(19)10-13-6-8-14(9-7-13)16-12(3)18/h6-9,11H,5,10H2,1-4H3,(H,16,18). The number of amides is 2. The molecule has 4 heteroatoms. The average molecular weight is 262 g/mol. The first-order chi connectivity index (χ1) is 8.93. The van der Waals surface area contributed by atoms with Crippen molar-refractivity contribution in [1.82, 2.24) is 4.90 Å². The number of rotatable bonds is 5. The van der Waals surface area contributed by atoms with Gasteiger partial charge in [0, 0.05) is 25.7 Å². The molecule has 0 bridgehead atoms. The van der Waals surface area contributed by atoms with Crippen LogP contribution in [-0.4, -0.2) is 29.8 Å². The number of hydrogen-bond donors (Lipinski definition) is 1. The van der Waals surface area contributed by atoms with Crippen LogP contribution in [-0.2, 0) is 16.0 Å². The molecule has 1 unspecified atom stereocenters. The lowest BCUT2D eigenvalue weighted by Gasteiger charge is -2.23. The molecule has 1 N–H and O–H groups in total. The van der Waals surface area contributed by atoms with E-state index >= 15 is 0 Å². The fraction of sp³-hybridized carbons (Fsp3) is 0.467. The maximum Gasteiger partial charge on any atom is 0.226 e. The third kappa shape index (κ3) is 4.73. The van der Waals surface area contributed by atoms with Crippen LogP contribution in [0.4, 0.5) is 5.69 Å². The predicted molar refractivity (Wildman–Crippen MR) is 77.0 cm³/mol. The summed E-state index contributed by atoms with van der Waals surface area (Å²) in [5.74, 6) is 0.0157. The van der Waals surface area contributed by atoms with Crippen LogP contribution in [0.3, 0.4) is 0 Å². The molecule has 0 aromatic heterocycles. The quantitative estimate of drug-likeness (QED) is 0.886. The van der Waals surface area contributed by atoms with E-state index in [4.69, 9.17) is 0 Å². The van der Waals surface area contributed by atoms with E-state index in [-0.39, 0.29) is 17.9 Å². The first-order valence-electron chi connectivity index (χ1n) is 6.56. The smallest absolute Gasteiger partial charge is 0.226 e. The van der Waals surface area contributed by atoms with Crippen molar-refractivity contribution < 1.29 is 9.59 Å². The summed E-state index contributed by atoms with van der Waals surface area (Å²) in [7, 11) is 1.84. The molecule has 0 saturated carbocycles. The van der Waals surface area contributed by atoms with E-state index in [0.29, 0.717) is 6.42 Å².